The van der Waals surface area contributed by atoms with E-state index in [2.05, 4.69) is 5.32 Å². The number of nitrogens with one attached hydrogen (secondary N) is 1. The first-order valence-corrected chi connectivity index (χ1v) is 9.53. The Morgan fingerprint density at radius 2 is 1.60 bits per heavy atom. The van der Waals surface area contributed by atoms with Crippen molar-refractivity contribution in [2.75, 3.05) is 26.9 Å². The van der Waals surface area contributed by atoms with Crippen molar-refractivity contribution in [2.45, 2.75) is 20.3 Å². The van der Waals surface area contributed by atoms with Gasteiger partial charge in [-0.15, -0.1) is 0 Å². The van der Waals surface area contributed by atoms with Gasteiger partial charge in [0.2, 0.25) is 0 Å². The molecule has 30 heavy (non-hydrogen) atoms. The number of carbonyl (C=O) groups excluding carboxylic acids is 3. The van der Waals surface area contributed by atoms with E-state index in [4.69, 9.17) is 18.9 Å². The van der Waals surface area contributed by atoms with Crippen molar-refractivity contribution >= 4 is 17.8 Å². The molecule has 0 heterocycles. The number of carbonyl (C=O) groups is 3. The molecule has 2 amide bonds. The lowest BCUT2D eigenvalue weighted by molar-refractivity contribution is -0.123. The molecule has 0 aliphatic heterocycles. The van der Waals surface area contributed by atoms with Crippen LogP contribution >= 0.6 is 0 Å². The fraction of sp³-hybridized carbons (Fsp3) is 0.318. The van der Waals surface area contributed by atoms with E-state index in [0.717, 1.165) is 6.42 Å². The van der Waals surface area contributed by atoms with Gasteiger partial charge < -0.3 is 18.9 Å². The summed E-state index contributed by atoms with van der Waals surface area (Å²) in [7, 11) is 1.51. The van der Waals surface area contributed by atoms with Crippen LogP contribution in [0, 0.1) is 0 Å². The maximum absolute atomic E-state index is 12.3. The average Bonchev–Trinajstić information content (AvgIpc) is 2.76. The fourth-order valence-electron chi connectivity index (χ4n) is 2.43. The van der Waals surface area contributed by atoms with Crippen LogP contribution in [0.2, 0.25) is 0 Å². The van der Waals surface area contributed by atoms with Gasteiger partial charge in [0, 0.05) is 5.56 Å². The molecule has 0 aromatic heterocycles. The van der Waals surface area contributed by atoms with Crippen LogP contribution in [0.25, 0.3) is 0 Å². The van der Waals surface area contributed by atoms with Crippen LogP contribution in [0.15, 0.2) is 42.5 Å². The minimum absolute atomic E-state index is 0.205. The third-order valence-corrected chi connectivity index (χ3v) is 3.88. The number of hydrogen-bond acceptors (Lipinski definition) is 7. The summed E-state index contributed by atoms with van der Waals surface area (Å²) in [5.74, 6) is -0.529. The third kappa shape index (κ3) is 6.51. The molecule has 0 spiro atoms. The number of amides is 2. The van der Waals surface area contributed by atoms with Gasteiger partial charge in [-0.2, -0.15) is 0 Å². The van der Waals surface area contributed by atoms with Gasteiger partial charge in [0.05, 0.1) is 25.9 Å². The van der Waals surface area contributed by atoms with Crippen LogP contribution in [-0.2, 0) is 9.53 Å². The Bertz CT molecular complexity index is 878. The van der Waals surface area contributed by atoms with Crippen molar-refractivity contribution in [1.82, 2.24) is 5.32 Å². The molecule has 0 fully saturated rings. The van der Waals surface area contributed by atoms with Crippen LogP contribution in [0.1, 0.15) is 41.0 Å². The van der Waals surface area contributed by atoms with Gasteiger partial charge in [0.1, 0.15) is 5.75 Å². The molecule has 0 saturated carbocycles. The lowest BCUT2D eigenvalue weighted by atomic mass is 10.2. The lowest BCUT2D eigenvalue weighted by Crippen LogP contribution is -2.34. The molecule has 2 rings (SSSR count). The number of hydrogen-bond donors (Lipinski definition) is 1. The number of esters is 1. The summed E-state index contributed by atoms with van der Waals surface area (Å²) in [4.78, 5) is 36.3. The second-order valence-corrected chi connectivity index (χ2v) is 6.12. The van der Waals surface area contributed by atoms with Crippen LogP contribution in [0.3, 0.4) is 0 Å². The first-order chi connectivity index (χ1) is 14.5. The van der Waals surface area contributed by atoms with Crippen molar-refractivity contribution in [3.8, 4) is 17.2 Å². The molecule has 0 unspecified atom stereocenters. The van der Waals surface area contributed by atoms with E-state index in [1.165, 1.54) is 31.4 Å². The summed E-state index contributed by atoms with van der Waals surface area (Å²) < 4.78 is 21.1. The number of imide groups is 1. The Kier molecular flexibility index (Phi) is 8.68. The van der Waals surface area contributed by atoms with E-state index in [-0.39, 0.29) is 11.1 Å². The van der Waals surface area contributed by atoms with Gasteiger partial charge in [-0.3, -0.25) is 14.9 Å². The molecule has 0 aliphatic carbocycles. The van der Waals surface area contributed by atoms with Gasteiger partial charge in [0.15, 0.2) is 18.1 Å². The summed E-state index contributed by atoms with van der Waals surface area (Å²) >= 11 is 0. The minimum Gasteiger partial charge on any atom is -0.497 e. The van der Waals surface area contributed by atoms with E-state index in [1.54, 1.807) is 18.2 Å². The Labute approximate surface area is 175 Å². The fourth-order valence-corrected chi connectivity index (χ4v) is 2.43. The molecule has 8 heteroatoms. The molecule has 0 radical (unpaired) electrons. The van der Waals surface area contributed by atoms with E-state index < -0.39 is 24.4 Å². The SMILES string of the molecule is CCCOc1ccc(C(=O)OCC(=O)NC(=O)c2ccc(OC)cc2)cc1OCC. The standard InChI is InChI=1S/C22H25NO7/c1-4-12-29-18-11-8-16(13-19(18)28-5-2)22(26)30-14-20(24)23-21(25)15-6-9-17(27-3)10-7-15/h6-11,13H,4-5,12,14H2,1-3H3,(H,23,24,25). The quantitative estimate of drug-likeness (QED) is 0.596. The normalized spacial score (nSPS) is 10.1. The van der Waals surface area contributed by atoms with Crippen LogP contribution in [0.5, 0.6) is 17.2 Å². The van der Waals surface area contributed by atoms with Gasteiger partial charge in [-0.1, -0.05) is 6.92 Å². The van der Waals surface area contributed by atoms with Crippen molar-refractivity contribution < 1.29 is 33.3 Å². The zero-order chi connectivity index (χ0) is 21.9. The Hall–Kier alpha value is -3.55. The van der Waals surface area contributed by atoms with Crippen molar-refractivity contribution in [2.24, 2.45) is 0 Å². The van der Waals surface area contributed by atoms with Crippen molar-refractivity contribution in [1.29, 1.82) is 0 Å². The largest absolute Gasteiger partial charge is 0.497 e. The Morgan fingerprint density at radius 1 is 0.900 bits per heavy atom. The molecule has 160 valence electrons. The first-order valence-electron chi connectivity index (χ1n) is 9.53. The van der Waals surface area contributed by atoms with Gasteiger partial charge in [-0.25, -0.2) is 4.79 Å². The molecule has 2 aromatic rings. The summed E-state index contributed by atoms with van der Waals surface area (Å²) in [6.45, 7) is 4.12. The Morgan fingerprint density at radius 3 is 2.23 bits per heavy atom. The van der Waals surface area contributed by atoms with Crippen molar-refractivity contribution in [3.63, 3.8) is 0 Å². The third-order valence-electron chi connectivity index (χ3n) is 3.88. The molecule has 0 bridgehead atoms. The van der Waals surface area contributed by atoms with Crippen molar-refractivity contribution in [3.05, 3.63) is 53.6 Å². The average molecular weight is 415 g/mol. The van der Waals surface area contributed by atoms with Crippen LogP contribution in [0.4, 0.5) is 0 Å². The number of benzene rings is 2. The maximum Gasteiger partial charge on any atom is 0.338 e. The highest BCUT2D eigenvalue weighted by atomic mass is 16.5. The van der Waals surface area contributed by atoms with Gasteiger partial charge >= 0.3 is 5.97 Å². The van der Waals surface area contributed by atoms with E-state index in [1.807, 2.05) is 13.8 Å². The molecule has 2 aromatic carbocycles. The second kappa shape index (κ2) is 11.5. The van der Waals surface area contributed by atoms with E-state index in [9.17, 15) is 14.4 Å². The molecule has 0 saturated heterocycles. The van der Waals surface area contributed by atoms with Crippen LogP contribution < -0.4 is 19.5 Å². The van der Waals surface area contributed by atoms with Gasteiger partial charge in [0.25, 0.3) is 11.8 Å². The molecule has 0 atom stereocenters. The molecule has 1 N–H and O–H groups in total. The number of rotatable bonds is 10. The smallest absolute Gasteiger partial charge is 0.338 e. The summed E-state index contributed by atoms with van der Waals surface area (Å²) in [5.41, 5.74) is 0.482. The van der Waals surface area contributed by atoms with E-state index in [0.29, 0.717) is 30.5 Å². The monoisotopic (exact) mass is 415 g/mol. The second-order valence-electron chi connectivity index (χ2n) is 6.12. The highest BCUT2D eigenvalue weighted by molar-refractivity contribution is 6.05. The minimum atomic E-state index is -0.739. The highest BCUT2D eigenvalue weighted by Crippen LogP contribution is 2.29. The zero-order valence-electron chi connectivity index (χ0n) is 17.2. The molecule has 8 nitrogen and oxygen atoms in total. The first kappa shape index (κ1) is 22.7. The molecular weight excluding hydrogens is 390 g/mol. The number of ether oxygens (including phenoxy) is 4. The summed E-state index contributed by atoms with van der Waals surface area (Å²) in [6.07, 6.45) is 0.833. The molecular formula is C22H25NO7. The van der Waals surface area contributed by atoms with E-state index >= 15 is 0 Å². The predicted octanol–water partition coefficient (Wildman–Crippen LogP) is 3.00. The molecule has 0 aliphatic rings. The zero-order valence-corrected chi connectivity index (χ0v) is 17.2. The number of methoxy groups -OCH3 is 1. The lowest BCUT2D eigenvalue weighted by Gasteiger charge is -2.12. The van der Waals surface area contributed by atoms with Gasteiger partial charge in [-0.05, 0) is 55.8 Å². The highest BCUT2D eigenvalue weighted by Gasteiger charge is 2.16. The summed E-state index contributed by atoms with van der Waals surface area (Å²) in [6, 6.07) is 10.9. The Balaban J connectivity index is 1.92. The van der Waals surface area contributed by atoms with Crippen LogP contribution in [-0.4, -0.2) is 44.7 Å². The summed E-state index contributed by atoms with van der Waals surface area (Å²) in [5, 5.41) is 2.16. The maximum atomic E-state index is 12.3. The predicted molar refractivity (Wildman–Crippen MR) is 109 cm³/mol. The topological polar surface area (TPSA) is 100 Å².